The van der Waals surface area contributed by atoms with Crippen LogP contribution in [0.2, 0.25) is 5.02 Å². The van der Waals surface area contributed by atoms with Crippen LogP contribution >= 0.6 is 24.0 Å². The molecule has 156 valence electrons. The molecule has 0 bridgehead atoms. The Morgan fingerprint density at radius 3 is 2.69 bits per heavy atom. The number of likely N-dealkylation sites (tertiary alicyclic amines) is 1. The number of rotatable bonds is 6. The molecule has 2 atom stereocenters. The minimum atomic E-state index is -0.455. The van der Waals surface area contributed by atoms with Crippen LogP contribution < -0.4 is 10.5 Å². The van der Waals surface area contributed by atoms with Crippen molar-refractivity contribution < 1.29 is 9.53 Å². The molecule has 29 heavy (non-hydrogen) atoms. The average Bonchev–Trinajstić information content (AvgIpc) is 3.21. The molecule has 1 fully saturated rings. The highest BCUT2D eigenvalue weighted by atomic mass is 35.5. The maximum atomic E-state index is 11.1. The molecule has 1 saturated heterocycles. The lowest BCUT2D eigenvalue weighted by molar-refractivity contribution is -0.119. The number of nitrogens with two attached hydrogens (primary N) is 1. The molecular formula is C23H28Cl2N2O2. The van der Waals surface area contributed by atoms with Crippen LogP contribution in [0.25, 0.3) is 0 Å². The van der Waals surface area contributed by atoms with Crippen LogP contribution in [0.15, 0.2) is 42.5 Å². The van der Waals surface area contributed by atoms with Gasteiger partial charge in [-0.25, -0.2) is 0 Å². The zero-order valence-corrected chi connectivity index (χ0v) is 18.1. The predicted octanol–water partition coefficient (Wildman–Crippen LogP) is 4.36. The first-order valence-electron chi connectivity index (χ1n) is 10.1. The lowest BCUT2D eigenvalue weighted by Crippen LogP contribution is -2.41. The highest BCUT2D eigenvalue weighted by Gasteiger charge is 2.35. The molecular weight excluding hydrogens is 407 g/mol. The molecule has 2 aromatic carbocycles. The van der Waals surface area contributed by atoms with E-state index in [4.69, 9.17) is 22.1 Å². The second kappa shape index (κ2) is 9.84. The Hall–Kier alpha value is -1.75. The summed E-state index contributed by atoms with van der Waals surface area (Å²) in [5.74, 6) is 0.649. The fourth-order valence-electron chi connectivity index (χ4n) is 4.78. The van der Waals surface area contributed by atoms with E-state index in [2.05, 4.69) is 29.2 Å². The number of carbonyl (C=O) groups excluding carboxylic acids is 1. The summed E-state index contributed by atoms with van der Waals surface area (Å²) in [6.45, 7) is 2.28. The van der Waals surface area contributed by atoms with Crippen LogP contribution in [-0.2, 0) is 17.6 Å². The zero-order chi connectivity index (χ0) is 19.5. The van der Waals surface area contributed by atoms with Crippen LogP contribution in [0, 0.1) is 0 Å². The van der Waals surface area contributed by atoms with E-state index < -0.39 is 5.91 Å². The summed E-state index contributed by atoms with van der Waals surface area (Å²) >= 11 is 6.25. The van der Waals surface area contributed by atoms with Crippen molar-refractivity contribution >= 4 is 29.9 Å². The molecule has 2 unspecified atom stereocenters. The van der Waals surface area contributed by atoms with Gasteiger partial charge in [-0.2, -0.15) is 0 Å². The van der Waals surface area contributed by atoms with Crippen molar-refractivity contribution in [2.24, 2.45) is 5.73 Å². The number of halogens is 2. The van der Waals surface area contributed by atoms with Gasteiger partial charge in [0.25, 0.3) is 5.91 Å². The summed E-state index contributed by atoms with van der Waals surface area (Å²) in [7, 11) is 0. The molecule has 1 aliphatic carbocycles. The van der Waals surface area contributed by atoms with Gasteiger partial charge in [0.05, 0.1) is 0 Å². The number of benzene rings is 2. The van der Waals surface area contributed by atoms with Gasteiger partial charge in [-0.3, -0.25) is 9.69 Å². The van der Waals surface area contributed by atoms with Crippen LogP contribution in [0.1, 0.15) is 41.9 Å². The Labute approximate surface area is 183 Å². The van der Waals surface area contributed by atoms with Crippen LogP contribution in [0.4, 0.5) is 0 Å². The molecule has 0 radical (unpaired) electrons. The Balaban J connectivity index is 0.00000240. The van der Waals surface area contributed by atoms with E-state index >= 15 is 0 Å². The molecule has 6 heteroatoms. The molecule has 0 aromatic heterocycles. The van der Waals surface area contributed by atoms with Gasteiger partial charge in [-0.15, -0.1) is 12.4 Å². The van der Waals surface area contributed by atoms with Gasteiger partial charge in [0.2, 0.25) is 0 Å². The van der Waals surface area contributed by atoms with E-state index in [0.29, 0.717) is 12.0 Å². The minimum absolute atomic E-state index is 0. The summed E-state index contributed by atoms with van der Waals surface area (Å²) in [4.78, 5) is 13.8. The Morgan fingerprint density at radius 2 is 1.97 bits per heavy atom. The highest BCUT2D eigenvalue weighted by Crippen LogP contribution is 2.40. The SMILES string of the molecule is Cl.NC(=O)COc1ccc2c(c1)C(Cc1cccc(Cl)c1)C(N1CCCC1)CC2. The van der Waals surface area contributed by atoms with Gasteiger partial charge in [-0.1, -0.05) is 29.8 Å². The second-order valence-corrected chi connectivity index (χ2v) is 8.34. The maximum absolute atomic E-state index is 11.1. The monoisotopic (exact) mass is 434 g/mol. The van der Waals surface area contributed by atoms with E-state index in [0.717, 1.165) is 23.6 Å². The van der Waals surface area contributed by atoms with Crippen LogP contribution in [-0.4, -0.2) is 36.5 Å². The van der Waals surface area contributed by atoms with E-state index in [9.17, 15) is 4.79 Å². The number of carbonyl (C=O) groups is 1. The number of primary amides is 1. The van der Waals surface area contributed by atoms with Crippen molar-refractivity contribution in [2.45, 2.75) is 44.1 Å². The standard InChI is InChI=1S/C23H27ClN2O2.ClH/c24-18-5-3-4-16(12-18)13-21-20-14-19(28-15-23(25)27)8-6-17(20)7-9-22(21)26-10-1-2-11-26;/h3-6,8,12,14,21-22H,1-2,7,9-11,13,15H2,(H2,25,27);1H. The molecule has 1 heterocycles. The topological polar surface area (TPSA) is 55.6 Å². The number of nitrogens with zero attached hydrogens (tertiary/aromatic N) is 1. The molecule has 2 N–H and O–H groups in total. The van der Waals surface area contributed by atoms with Crippen molar-refractivity contribution in [3.05, 3.63) is 64.2 Å². The number of fused-ring (bicyclic) bond motifs is 1. The third kappa shape index (κ3) is 5.25. The maximum Gasteiger partial charge on any atom is 0.255 e. The van der Waals surface area contributed by atoms with Crippen molar-refractivity contribution in [1.29, 1.82) is 0 Å². The van der Waals surface area contributed by atoms with Crippen molar-refractivity contribution in [2.75, 3.05) is 19.7 Å². The fourth-order valence-corrected chi connectivity index (χ4v) is 4.99. The second-order valence-electron chi connectivity index (χ2n) is 7.91. The molecule has 1 amide bonds. The Kier molecular flexibility index (Phi) is 7.44. The summed E-state index contributed by atoms with van der Waals surface area (Å²) in [5.41, 5.74) is 9.23. The highest BCUT2D eigenvalue weighted by molar-refractivity contribution is 6.30. The number of hydrogen-bond donors (Lipinski definition) is 1. The molecule has 2 aromatic rings. The van der Waals surface area contributed by atoms with Crippen LogP contribution in [0.3, 0.4) is 0 Å². The largest absolute Gasteiger partial charge is 0.484 e. The minimum Gasteiger partial charge on any atom is -0.484 e. The van der Waals surface area contributed by atoms with Gasteiger partial charge in [0.15, 0.2) is 6.61 Å². The third-order valence-corrected chi connectivity index (χ3v) is 6.26. The lowest BCUT2D eigenvalue weighted by Gasteiger charge is -2.39. The zero-order valence-electron chi connectivity index (χ0n) is 16.5. The van der Waals surface area contributed by atoms with Gasteiger partial charge in [0, 0.05) is 17.0 Å². The Bertz CT molecular complexity index is 853. The first-order chi connectivity index (χ1) is 13.6. The molecule has 2 aliphatic rings. The van der Waals surface area contributed by atoms with E-state index in [1.807, 2.05) is 18.2 Å². The average molecular weight is 435 g/mol. The van der Waals surface area contributed by atoms with Gasteiger partial charge in [0.1, 0.15) is 5.75 Å². The molecule has 0 saturated carbocycles. The van der Waals surface area contributed by atoms with Crippen molar-refractivity contribution in [3.8, 4) is 5.75 Å². The van der Waals surface area contributed by atoms with E-state index in [1.54, 1.807) is 0 Å². The molecule has 1 aliphatic heterocycles. The van der Waals surface area contributed by atoms with Crippen LogP contribution in [0.5, 0.6) is 5.75 Å². The number of aryl methyl sites for hydroxylation is 1. The first kappa shape index (κ1) is 21.9. The summed E-state index contributed by atoms with van der Waals surface area (Å²) in [6, 6.07) is 14.9. The van der Waals surface area contributed by atoms with Crippen molar-refractivity contribution in [3.63, 3.8) is 0 Å². The van der Waals surface area contributed by atoms with Gasteiger partial charge >= 0.3 is 0 Å². The van der Waals surface area contributed by atoms with Gasteiger partial charge < -0.3 is 10.5 Å². The number of amides is 1. The fraction of sp³-hybridized carbons (Fsp3) is 0.435. The predicted molar refractivity (Wildman–Crippen MR) is 119 cm³/mol. The molecule has 4 rings (SSSR count). The quantitative estimate of drug-likeness (QED) is 0.734. The van der Waals surface area contributed by atoms with Crippen molar-refractivity contribution in [1.82, 2.24) is 4.90 Å². The van der Waals surface area contributed by atoms with E-state index in [1.165, 1.54) is 49.0 Å². The molecule has 4 nitrogen and oxygen atoms in total. The lowest BCUT2D eigenvalue weighted by atomic mass is 9.75. The third-order valence-electron chi connectivity index (χ3n) is 6.03. The number of hydrogen-bond acceptors (Lipinski definition) is 3. The Morgan fingerprint density at radius 1 is 1.17 bits per heavy atom. The smallest absolute Gasteiger partial charge is 0.255 e. The molecule has 0 spiro atoms. The normalized spacial score (nSPS) is 21.3. The first-order valence-corrected chi connectivity index (χ1v) is 10.5. The summed E-state index contributed by atoms with van der Waals surface area (Å²) < 4.78 is 5.60. The van der Waals surface area contributed by atoms with E-state index in [-0.39, 0.29) is 19.0 Å². The summed E-state index contributed by atoms with van der Waals surface area (Å²) in [6.07, 6.45) is 5.79. The number of ether oxygens (including phenoxy) is 1. The van der Waals surface area contributed by atoms with Gasteiger partial charge in [-0.05, 0) is 86.1 Å². The summed E-state index contributed by atoms with van der Waals surface area (Å²) in [5, 5.41) is 0.782.